The van der Waals surface area contributed by atoms with Crippen molar-refractivity contribution >= 4 is 17.7 Å². The summed E-state index contributed by atoms with van der Waals surface area (Å²) in [6.07, 6.45) is 2.29. The highest BCUT2D eigenvalue weighted by Crippen LogP contribution is 2.33. The third-order valence-corrected chi connectivity index (χ3v) is 3.96. The van der Waals surface area contributed by atoms with Gasteiger partial charge < -0.3 is 10.0 Å². The third kappa shape index (κ3) is 2.82. The van der Waals surface area contributed by atoms with E-state index >= 15 is 0 Å². The largest absolute Gasteiger partial charge is 0.508 e. The molecule has 1 unspecified atom stereocenters. The van der Waals surface area contributed by atoms with E-state index in [9.17, 15) is 15.2 Å². The summed E-state index contributed by atoms with van der Waals surface area (Å²) in [4.78, 5) is 14.5. The number of carbonyl (C=O) groups excluding carboxylic acids is 1. The van der Waals surface area contributed by atoms with Gasteiger partial charge in [-0.15, -0.1) is 0 Å². The average Bonchev–Trinajstić information content (AvgIpc) is 2.87. The van der Waals surface area contributed by atoms with Crippen molar-refractivity contribution in [1.82, 2.24) is 0 Å². The van der Waals surface area contributed by atoms with Crippen molar-refractivity contribution in [2.75, 3.05) is 4.90 Å². The molecule has 0 bridgehead atoms. The van der Waals surface area contributed by atoms with Gasteiger partial charge in [-0.3, -0.25) is 4.79 Å². The summed E-state index contributed by atoms with van der Waals surface area (Å²) < 4.78 is 0. The molecule has 0 spiro atoms. The van der Waals surface area contributed by atoms with Crippen molar-refractivity contribution in [3.8, 4) is 11.8 Å². The number of benzene rings is 2. The number of para-hydroxylation sites is 1. The summed E-state index contributed by atoms with van der Waals surface area (Å²) >= 11 is 0. The van der Waals surface area contributed by atoms with Crippen molar-refractivity contribution in [3.63, 3.8) is 0 Å². The highest BCUT2D eigenvalue weighted by atomic mass is 16.3. The number of fused-ring (bicyclic) bond motifs is 1. The quantitative estimate of drug-likeness (QED) is 0.684. The van der Waals surface area contributed by atoms with E-state index in [1.807, 2.05) is 37.3 Å². The average molecular weight is 304 g/mol. The van der Waals surface area contributed by atoms with Gasteiger partial charge in [-0.05, 0) is 48.7 Å². The van der Waals surface area contributed by atoms with Gasteiger partial charge in [-0.25, -0.2) is 0 Å². The molecule has 23 heavy (non-hydrogen) atoms. The summed E-state index contributed by atoms with van der Waals surface area (Å²) in [6.45, 7) is 1.97. The molecule has 0 saturated carbocycles. The lowest BCUT2D eigenvalue weighted by molar-refractivity contribution is -0.115. The van der Waals surface area contributed by atoms with Crippen LogP contribution in [0.1, 0.15) is 18.1 Å². The summed E-state index contributed by atoms with van der Waals surface area (Å²) in [5.41, 5.74) is 2.65. The Morgan fingerprint density at radius 3 is 2.83 bits per heavy atom. The van der Waals surface area contributed by atoms with Crippen molar-refractivity contribution in [1.29, 1.82) is 5.26 Å². The van der Waals surface area contributed by atoms with Crippen molar-refractivity contribution in [2.45, 2.75) is 19.4 Å². The Morgan fingerprint density at radius 2 is 2.09 bits per heavy atom. The van der Waals surface area contributed by atoms with Gasteiger partial charge in [0.05, 0.1) is 0 Å². The van der Waals surface area contributed by atoms with Gasteiger partial charge in [0.25, 0.3) is 5.91 Å². The van der Waals surface area contributed by atoms with E-state index < -0.39 is 0 Å². The van der Waals surface area contributed by atoms with Crippen LogP contribution in [0.4, 0.5) is 5.69 Å². The van der Waals surface area contributed by atoms with Gasteiger partial charge in [0.15, 0.2) is 0 Å². The molecule has 114 valence electrons. The Bertz CT molecular complexity index is 833. The first-order valence-electron chi connectivity index (χ1n) is 7.42. The molecule has 2 aromatic rings. The maximum atomic E-state index is 12.8. The number of aromatic hydroxyl groups is 1. The topological polar surface area (TPSA) is 64.3 Å². The summed E-state index contributed by atoms with van der Waals surface area (Å²) in [5, 5.41) is 18.9. The number of phenolic OH excluding ortho intramolecular Hbond substituents is 1. The molecule has 0 aliphatic carbocycles. The number of anilines is 1. The fourth-order valence-electron chi connectivity index (χ4n) is 2.93. The molecule has 4 heteroatoms. The monoisotopic (exact) mass is 304 g/mol. The molecule has 4 nitrogen and oxygen atoms in total. The van der Waals surface area contributed by atoms with Crippen molar-refractivity contribution in [2.24, 2.45) is 0 Å². The van der Waals surface area contributed by atoms with E-state index in [0.29, 0.717) is 5.56 Å². The minimum absolute atomic E-state index is 0.0147. The summed E-state index contributed by atoms with van der Waals surface area (Å²) in [6, 6.07) is 16.2. The molecule has 1 N–H and O–H groups in total. The lowest BCUT2D eigenvalue weighted by atomic mass is 10.1. The maximum Gasteiger partial charge on any atom is 0.269 e. The van der Waals surface area contributed by atoms with E-state index in [1.165, 1.54) is 12.1 Å². The van der Waals surface area contributed by atoms with Crippen LogP contribution < -0.4 is 4.90 Å². The van der Waals surface area contributed by atoms with E-state index in [2.05, 4.69) is 0 Å². The van der Waals surface area contributed by atoms with Crippen LogP contribution in [0.3, 0.4) is 0 Å². The van der Waals surface area contributed by atoms with Gasteiger partial charge in [0.2, 0.25) is 0 Å². The first-order chi connectivity index (χ1) is 11.1. The van der Waals surface area contributed by atoms with Crippen LogP contribution in [0.2, 0.25) is 0 Å². The first-order valence-corrected chi connectivity index (χ1v) is 7.42. The number of nitriles is 1. The van der Waals surface area contributed by atoms with Crippen LogP contribution in [-0.4, -0.2) is 17.1 Å². The number of hydrogen-bond acceptors (Lipinski definition) is 3. The molecule has 1 aliphatic rings. The Kier molecular flexibility index (Phi) is 3.86. The smallest absolute Gasteiger partial charge is 0.269 e. The number of amides is 1. The molecule has 2 aromatic carbocycles. The standard InChI is InChI=1S/C19H16N2O2/c1-13-9-15-6-2-3-8-18(15)21(13)19(23)16(12-20)10-14-5-4-7-17(22)11-14/h2-8,10-11,13,22H,9H2,1H3/b16-10+. The van der Waals surface area contributed by atoms with Crippen LogP contribution >= 0.6 is 0 Å². The van der Waals surface area contributed by atoms with Crippen molar-refractivity contribution in [3.05, 3.63) is 65.2 Å². The lowest BCUT2D eigenvalue weighted by Gasteiger charge is -2.22. The van der Waals surface area contributed by atoms with Gasteiger partial charge in [-0.1, -0.05) is 30.3 Å². The highest BCUT2D eigenvalue weighted by molar-refractivity contribution is 6.12. The Morgan fingerprint density at radius 1 is 1.30 bits per heavy atom. The Hall–Kier alpha value is -3.06. The first kappa shape index (κ1) is 14.9. The SMILES string of the molecule is CC1Cc2ccccc2N1C(=O)/C(C#N)=C/c1cccc(O)c1. The van der Waals surface area contributed by atoms with Crippen LogP contribution in [-0.2, 0) is 11.2 Å². The zero-order valence-electron chi connectivity index (χ0n) is 12.7. The molecule has 3 rings (SSSR count). The predicted octanol–water partition coefficient (Wildman–Crippen LogP) is 3.28. The van der Waals surface area contributed by atoms with Gasteiger partial charge in [-0.2, -0.15) is 5.26 Å². The fourth-order valence-corrected chi connectivity index (χ4v) is 2.93. The van der Waals surface area contributed by atoms with Crippen LogP contribution in [0.15, 0.2) is 54.1 Å². The number of phenols is 1. The van der Waals surface area contributed by atoms with Gasteiger partial charge in [0.1, 0.15) is 17.4 Å². The van der Waals surface area contributed by atoms with E-state index in [0.717, 1.165) is 17.7 Å². The van der Waals surface area contributed by atoms with Gasteiger partial charge in [0, 0.05) is 11.7 Å². The van der Waals surface area contributed by atoms with Crippen molar-refractivity contribution < 1.29 is 9.90 Å². The molecule has 1 amide bonds. The molecular formula is C19H16N2O2. The molecule has 0 radical (unpaired) electrons. The minimum atomic E-state index is -0.312. The highest BCUT2D eigenvalue weighted by Gasteiger charge is 2.32. The Labute approximate surface area is 134 Å². The number of nitrogens with zero attached hydrogens (tertiary/aromatic N) is 2. The van der Waals surface area contributed by atoms with E-state index in [-0.39, 0.29) is 23.3 Å². The van der Waals surface area contributed by atoms with Crippen LogP contribution in [0, 0.1) is 11.3 Å². The minimum Gasteiger partial charge on any atom is -0.508 e. The molecule has 1 atom stereocenters. The molecule has 1 aliphatic heterocycles. The second kappa shape index (κ2) is 5.98. The van der Waals surface area contributed by atoms with Crippen LogP contribution in [0.25, 0.3) is 6.08 Å². The zero-order chi connectivity index (χ0) is 16.4. The predicted molar refractivity (Wildman–Crippen MR) is 88.8 cm³/mol. The summed E-state index contributed by atoms with van der Waals surface area (Å²) in [5.74, 6) is -0.211. The number of rotatable bonds is 2. The fraction of sp³-hybridized carbons (Fsp3) is 0.158. The molecule has 0 saturated heterocycles. The van der Waals surface area contributed by atoms with E-state index in [1.54, 1.807) is 23.1 Å². The van der Waals surface area contributed by atoms with Gasteiger partial charge >= 0.3 is 0 Å². The molecule has 0 aromatic heterocycles. The number of carbonyl (C=O) groups is 1. The Balaban J connectivity index is 1.97. The number of hydrogen-bond donors (Lipinski definition) is 1. The second-order valence-electron chi connectivity index (χ2n) is 5.62. The normalized spacial score (nSPS) is 16.8. The van der Waals surface area contributed by atoms with Crippen LogP contribution in [0.5, 0.6) is 5.75 Å². The zero-order valence-corrected chi connectivity index (χ0v) is 12.7. The van der Waals surface area contributed by atoms with E-state index in [4.69, 9.17) is 0 Å². The third-order valence-electron chi connectivity index (χ3n) is 3.96. The molecular weight excluding hydrogens is 288 g/mol. The molecule has 0 fully saturated rings. The summed E-state index contributed by atoms with van der Waals surface area (Å²) in [7, 11) is 0. The maximum absolute atomic E-state index is 12.8. The lowest BCUT2D eigenvalue weighted by Crippen LogP contribution is -2.36. The second-order valence-corrected chi connectivity index (χ2v) is 5.62. The molecule has 1 heterocycles.